The lowest BCUT2D eigenvalue weighted by molar-refractivity contribution is -0.142. The zero-order valence-electron chi connectivity index (χ0n) is 11.8. The second-order valence-electron chi connectivity index (χ2n) is 5.90. The van der Waals surface area contributed by atoms with Crippen molar-refractivity contribution in [3.63, 3.8) is 0 Å². The monoisotopic (exact) mass is 267 g/mol. The highest BCUT2D eigenvalue weighted by atomic mass is 16.4. The second kappa shape index (κ2) is 5.86. The molecule has 0 bridgehead atoms. The standard InChI is InChI=1S/C13H21N3O3/c1-8-15-10(5-11(17)16-8)14-7-9(12(18)19)6-13(2,3)4/h5,9H,6-7H2,1-4H3,(H,18,19)(H2,14,15,16,17). The van der Waals surface area contributed by atoms with E-state index >= 15 is 0 Å². The summed E-state index contributed by atoms with van der Waals surface area (Å²) in [5.41, 5.74) is -0.319. The van der Waals surface area contributed by atoms with Crippen molar-refractivity contribution in [2.45, 2.75) is 34.1 Å². The zero-order chi connectivity index (χ0) is 14.6. The molecular formula is C13H21N3O3. The van der Waals surface area contributed by atoms with E-state index in [1.807, 2.05) is 20.8 Å². The van der Waals surface area contributed by atoms with Crippen molar-refractivity contribution in [2.75, 3.05) is 11.9 Å². The Morgan fingerprint density at radius 3 is 2.63 bits per heavy atom. The number of aryl methyl sites for hydroxylation is 1. The van der Waals surface area contributed by atoms with Crippen molar-refractivity contribution in [3.05, 3.63) is 22.2 Å². The minimum Gasteiger partial charge on any atom is -0.481 e. The molecule has 0 saturated carbocycles. The van der Waals surface area contributed by atoms with Crippen LogP contribution in [0.4, 0.5) is 5.82 Å². The van der Waals surface area contributed by atoms with Gasteiger partial charge in [0.1, 0.15) is 11.6 Å². The molecule has 0 radical (unpaired) electrons. The summed E-state index contributed by atoms with van der Waals surface area (Å²) >= 11 is 0. The van der Waals surface area contributed by atoms with E-state index in [1.165, 1.54) is 6.07 Å². The number of aliphatic carboxylic acids is 1. The molecule has 1 unspecified atom stereocenters. The van der Waals surface area contributed by atoms with Gasteiger partial charge >= 0.3 is 5.97 Å². The minimum absolute atomic E-state index is 0.0672. The predicted molar refractivity (Wildman–Crippen MR) is 73.3 cm³/mol. The number of hydrogen-bond acceptors (Lipinski definition) is 4. The van der Waals surface area contributed by atoms with E-state index in [0.29, 0.717) is 18.1 Å². The van der Waals surface area contributed by atoms with Gasteiger partial charge in [0.15, 0.2) is 0 Å². The van der Waals surface area contributed by atoms with Crippen LogP contribution < -0.4 is 10.9 Å². The van der Waals surface area contributed by atoms with Gasteiger partial charge in [-0.25, -0.2) is 4.98 Å². The molecule has 3 N–H and O–H groups in total. The first-order chi connectivity index (χ1) is 8.67. The SMILES string of the molecule is Cc1nc(NCC(CC(C)(C)C)C(=O)O)cc(=O)[nH]1. The molecule has 0 aliphatic carbocycles. The number of anilines is 1. The van der Waals surface area contributed by atoms with Crippen molar-refractivity contribution >= 4 is 11.8 Å². The number of nitrogens with zero attached hydrogens (tertiary/aromatic N) is 1. The van der Waals surface area contributed by atoms with Gasteiger partial charge in [0.2, 0.25) is 0 Å². The molecule has 1 rings (SSSR count). The van der Waals surface area contributed by atoms with Crippen LogP contribution in [0, 0.1) is 18.3 Å². The molecule has 0 aliphatic heterocycles. The number of H-pyrrole nitrogens is 1. The van der Waals surface area contributed by atoms with Crippen molar-refractivity contribution in [1.29, 1.82) is 0 Å². The molecule has 106 valence electrons. The highest BCUT2D eigenvalue weighted by Crippen LogP contribution is 2.24. The lowest BCUT2D eigenvalue weighted by atomic mass is 9.84. The van der Waals surface area contributed by atoms with E-state index in [2.05, 4.69) is 15.3 Å². The van der Waals surface area contributed by atoms with Crippen LogP contribution in [0.5, 0.6) is 0 Å². The van der Waals surface area contributed by atoms with Gasteiger partial charge in [-0.1, -0.05) is 20.8 Å². The van der Waals surface area contributed by atoms with Gasteiger partial charge in [-0.05, 0) is 18.8 Å². The van der Waals surface area contributed by atoms with Gasteiger partial charge in [0, 0.05) is 12.6 Å². The second-order valence-corrected chi connectivity index (χ2v) is 5.90. The summed E-state index contributed by atoms with van der Waals surface area (Å²) in [7, 11) is 0. The largest absolute Gasteiger partial charge is 0.481 e. The minimum atomic E-state index is -0.844. The number of hydrogen-bond donors (Lipinski definition) is 3. The summed E-state index contributed by atoms with van der Waals surface area (Å²) in [6.45, 7) is 7.93. The van der Waals surface area contributed by atoms with Crippen LogP contribution in [0.3, 0.4) is 0 Å². The Balaban J connectivity index is 2.71. The van der Waals surface area contributed by atoms with Crippen molar-refractivity contribution < 1.29 is 9.90 Å². The molecule has 0 saturated heterocycles. The van der Waals surface area contributed by atoms with E-state index in [4.69, 9.17) is 0 Å². The molecule has 0 amide bonds. The third-order valence-corrected chi connectivity index (χ3v) is 2.60. The fourth-order valence-electron chi connectivity index (χ4n) is 1.88. The topological polar surface area (TPSA) is 95.1 Å². The average molecular weight is 267 g/mol. The summed E-state index contributed by atoms with van der Waals surface area (Å²) in [6, 6.07) is 1.32. The quantitative estimate of drug-likeness (QED) is 0.753. The first-order valence-corrected chi connectivity index (χ1v) is 6.22. The van der Waals surface area contributed by atoms with Gasteiger partial charge in [-0.2, -0.15) is 0 Å². The van der Waals surface area contributed by atoms with Gasteiger partial charge in [-0.15, -0.1) is 0 Å². The van der Waals surface area contributed by atoms with Crippen LogP contribution >= 0.6 is 0 Å². The van der Waals surface area contributed by atoms with Gasteiger partial charge < -0.3 is 15.4 Å². The number of carbonyl (C=O) groups is 1. The first-order valence-electron chi connectivity index (χ1n) is 6.22. The number of rotatable bonds is 5. The van der Waals surface area contributed by atoms with Crippen molar-refractivity contribution in [3.8, 4) is 0 Å². The number of carboxylic acid groups (broad SMARTS) is 1. The van der Waals surface area contributed by atoms with E-state index in [0.717, 1.165) is 0 Å². The Hall–Kier alpha value is -1.85. The summed E-state index contributed by atoms with van der Waals surface area (Å²) in [5, 5.41) is 12.1. The van der Waals surface area contributed by atoms with Gasteiger partial charge in [0.05, 0.1) is 5.92 Å². The van der Waals surface area contributed by atoms with Crippen LogP contribution in [0.15, 0.2) is 10.9 Å². The lowest BCUT2D eigenvalue weighted by Crippen LogP contribution is -2.28. The zero-order valence-corrected chi connectivity index (χ0v) is 11.8. The maximum atomic E-state index is 11.3. The van der Waals surface area contributed by atoms with Crippen LogP contribution in [0.2, 0.25) is 0 Å². The third-order valence-electron chi connectivity index (χ3n) is 2.60. The van der Waals surface area contributed by atoms with Crippen LogP contribution in [-0.2, 0) is 4.79 Å². The Morgan fingerprint density at radius 2 is 2.16 bits per heavy atom. The lowest BCUT2D eigenvalue weighted by Gasteiger charge is -2.23. The van der Waals surface area contributed by atoms with Crippen molar-refractivity contribution in [1.82, 2.24) is 9.97 Å². The molecule has 6 heteroatoms. The van der Waals surface area contributed by atoms with Crippen LogP contribution in [0.25, 0.3) is 0 Å². The number of nitrogens with one attached hydrogen (secondary N) is 2. The fourth-order valence-corrected chi connectivity index (χ4v) is 1.88. The molecule has 19 heavy (non-hydrogen) atoms. The average Bonchev–Trinajstić information content (AvgIpc) is 2.20. The normalized spacial score (nSPS) is 13.1. The maximum absolute atomic E-state index is 11.3. The number of aromatic amines is 1. The molecule has 0 aromatic carbocycles. The van der Waals surface area contributed by atoms with E-state index in [9.17, 15) is 14.7 Å². The smallest absolute Gasteiger partial charge is 0.308 e. The fraction of sp³-hybridized carbons (Fsp3) is 0.615. The molecule has 0 spiro atoms. The Morgan fingerprint density at radius 1 is 1.53 bits per heavy atom. The molecule has 1 aromatic rings. The number of carboxylic acids is 1. The first kappa shape index (κ1) is 15.2. The van der Waals surface area contributed by atoms with Gasteiger partial charge in [-0.3, -0.25) is 9.59 Å². The Bertz CT molecular complexity index is 503. The molecule has 0 aliphatic rings. The molecule has 1 atom stereocenters. The summed E-state index contributed by atoms with van der Waals surface area (Å²) < 4.78 is 0. The number of aromatic nitrogens is 2. The highest BCUT2D eigenvalue weighted by molar-refractivity contribution is 5.70. The maximum Gasteiger partial charge on any atom is 0.308 e. The molecule has 0 fully saturated rings. The molecule has 1 aromatic heterocycles. The van der Waals surface area contributed by atoms with Crippen molar-refractivity contribution in [2.24, 2.45) is 11.3 Å². The Kier molecular flexibility index (Phi) is 4.69. The van der Waals surface area contributed by atoms with Crippen LogP contribution in [0.1, 0.15) is 33.0 Å². The summed E-state index contributed by atoms with van der Waals surface area (Å²) in [6.07, 6.45) is 0.553. The molecule has 6 nitrogen and oxygen atoms in total. The highest BCUT2D eigenvalue weighted by Gasteiger charge is 2.24. The molecule has 1 heterocycles. The summed E-state index contributed by atoms with van der Waals surface area (Å²) in [5.74, 6) is -0.454. The predicted octanol–water partition coefficient (Wildman–Crippen LogP) is 1.63. The third kappa shape index (κ3) is 5.54. The summed E-state index contributed by atoms with van der Waals surface area (Å²) in [4.78, 5) is 29.1. The van der Waals surface area contributed by atoms with E-state index in [1.54, 1.807) is 6.92 Å². The van der Waals surface area contributed by atoms with Crippen LogP contribution in [-0.4, -0.2) is 27.6 Å². The van der Waals surface area contributed by atoms with E-state index in [-0.39, 0.29) is 17.5 Å². The molecular weight excluding hydrogens is 246 g/mol. The Labute approximate surface area is 112 Å². The van der Waals surface area contributed by atoms with E-state index < -0.39 is 11.9 Å². The van der Waals surface area contributed by atoms with Gasteiger partial charge in [0.25, 0.3) is 5.56 Å².